The van der Waals surface area contributed by atoms with Crippen molar-refractivity contribution in [1.82, 2.24) is 4.57 Å². The third kappa shape index (κ3) is 4.45. The third-order valence-corrected chi connectivity index (χ3v) is 12.0. The average molecular weight is 688 g/mol. The van der Waals surface area contributed by atoms with Crippen molar-refractivity contribution in [2.45, 2.75) is 19.3 Å². The lowest BCUT2D eigenvalue weighted by Crippen LogP contribution is -2.14. The fraction of sp³-hybridized carbons (Fsp3) is 0.0566. The molecule has 0 bridgehead atoms. The van der Waals surface area contributed by atoms with Gasteiger partial charge in [-0.1, -0.05) is 166 Å². The smallest absolute Gasteiger partial charge is 0.0541 e. The van der Waals surface area contributed by atoms with E-state index in [1.54, 1.807) is 0 Å². The Morgan fingerprint density at radius 3 is 1.50 bits per heavy atom. The molecule has 0 amide bonds. The second-order valence-electron chi connectivity index (χ2n) is 15.3. The van der Waals surface area contributed by atoms with Crippen molar-refractivity contribution in [3.05, 3.63) is 199 Å². The molecule has 0 radical (unpaired) electrons. The molecule has 54 heavy (non-hydrogen) atoms. The van der Waals surface area contributed by atoms with Gasteiger partial charge in [-0.15, -0.1) is 0 Å². The van der Waals surface area contributed by atoms with Crippen LogP contribution in [0.25, 0.3) is 93.5 Å². The van der Waals surface area contributed by atoms with Gasteiger partial charge in [0, 0.05) is 21.9 Å². The van der Waals surface area contributed by atoms with Crippen LogP contribution in [0.5, 0.6) is 0 Å². The van der Waals surface area contributed by atoms with E-state index in [2.05, 4.69) is 206 Å². The summed E-state index contributed by atoms with van der Waals surface area (Å²) in [5.41, 5.74) is 16.6. The molecule has 0 N–H and O–H groups in total. The first-order valence-electron chi connectivity index (χ1n) is 18.9. The standard InChI is InChI=1S/C53H37N/c1-53(2)47-22-12-10-16-39(47)40-30-26-37(33-48(40)53)36-27-31-50-46(32-36)41-17-11-13-23-49(41)54(50)38-28-24-35(25-29-38)52-44-20-8-6-18-42(44)51(34-14-4-3-5-15-34)43-19-7-9-21-45(43)52/h3-33H,1-2H3. The van der Waals surface area contributed by atoms with Crippen LogP contribution in [0.1, 0.15) is 25.0 Å². The van der Waals surface area contributed by atoms with Gasteiger partial charge in [0.2, 0.25) is 0 Å². The van der Waals surface area contributed by atoms with Gasteiger partial charge in [-0.25, -0.2) is 0 Å². The second kappa shape index (κ2) is 11.7. The SMILES string of the molecule is CC1(C)c2ccccc2-c2ccc(-c3ccc4c(c3)c3ccccc3n4-c3ccc(-c4c5ccccc5c(-c5ccccc5)c5ccccc45)cc3)cc21. The van der Waals surface area contributed by atoms with Crippen LogP contribution < -0.4 is 0 Å². The fourth-order valence-corrected chi connectivity index (χ4v) is 9.45. The zero-order valence-electron chi connectivity index (χ0n) is 30.3. The molecular formula is C53H37N. The zero-order chi connectivity index (χ0) is 36.0. The van der Waals surface area contributed by atoms with E-state index >= 15 is 0 Å². The van der Waals surface area contributed by atoms with Gasteiger partial charge in [-0.2, -0.15) is 0 Å². The summed E-state index contributed by atoms with van der Waals surface area (Å²) in [4.78, 5) is 0. The first kappa shape index (κ1) is 30.9. The van der Waals surface area contributed by atoms with Crippen LogP contribution in [0.2, 0.25) is 0 Å². The fourth-order valence-electron chi connectivity index (χ4n) is 9.45. The third-order valence-electron chi connectivity index (χ3n) is 12.0. The number of hydrogen-bond acceptors (Lipinski definition) is 0. The van der Waals surface area contributed by atoms with Crippen LogP contribution in [0.15, 0.2) is 188 Å². The van der Waals surface area contributed by atoms with Crippen molar-refractivity contribution in [2.75, 3.05) is 0 Å². The molecular weight excluding hydrogens is 651 g/mol. The lowest BCUT2D eigenvalue weighted by Gasteiger charge is -2.22. The van der Waals surface area contributed by atoms with Gasteiger partial charge in [-0.05, 0) is 114 Å². The van der Waals surface area contributed by atoms with Crippen molar-refractivity contribution in [1.29, 1.82) is 0 Å². The average Bonchev–Trinajstić information content (AvgIpc) is 3.68. The first-order chi connectivity index (χ1) is 26.6. The molecule has 10 aromatic rings. The highest BCUT2D eigenvalue weighted by atomic mass is 15.0. The largest absolute Gasteiger partial charge is 0.309 e. The second-order valence-corrected chi connectivity index (χ2v) is 15.3. The van der Waals surface area contributed by atoms with E-state index in [1.807, 2.05) is 0 Å². The number of hydrogen-bond donors (Lipinski definition) is 0. The number of aromatic nitrogens is 1. The molecule has 9 aromatic carbocycles. The maximum Gasteiger partial charge on any atom is 0.0541 e. The van der Waals surface area contributed by atoms with Gasteiger partial charge in [-0.3, -0.25) is 0 Å². The molecule has 1 nitrogen and oxygen atoms in total. The normalized spacial score (nSPS) is 13.1. The molecule has 0 spiro atoms. The van der Waals surface area contributed by atoms with E-state index in [9.17, 15) is 0 Å². The lowest BCUT2D eigenvalue weighted by molar-refractivity contribution is 0.660. The predicted molar refractivity (Wildman–Crippen MR) is 230 cm³/mol. The summed E-state index contributed by atoms with van der Waals surface area (Å²) < 4.78 is 2.43. The molecule has 1 heteroatoms. The van der Waals surface area contributed by atoms with Crippen LogP contribution >= 0.6 is 0 Å². The Labute approximate surface area is 315 Å². The van der Waals surface area contributed by atoms with Gasteiger partial charge >= 0.3 is 0 Å². The molecule has 0 aliphatic heterocycles. The number of nitrogens with zero attached hydrogens (tertiary/aromatic N) is 1. The summed E-state index contributed by atoms with van der Waals surface area (Å²) in [5.74, 6) is 0. The topological polar surface area (TPSA) is 4.93 Å². The van der Waals surface area contributed by atoms with Gasteiger partial charge in [0.25, 0.3) is 0 Å². The molecule has 0 saturated carbocycles. The minimum absolute atomic E-state index is 0.0310. The molecule has 1 heterocycles. The van der Waals surface area contributed by atoms with E-state index in [1.165, 1.54) is 99.0 Å². The Hall–Kier alpha value is -6.70. The Morgan fingerprint density at radius 1 is 0.333 bits per heavy atom. The summed E-state index contributed by atoms with van der Waals surface area (Å²) in [6, 6.07) is 69.5. The highest BCUT2D eigenvalue weighted by molar-refractivity contribution is 6.21. The molecule has 1 aliphatic carbocycles. The van der Waals surface area contributed by atoms with Gasteiger partial charge in [0.1, 0.15) is 0 Å². The molecule has 254 valence electrons. The van der Waals surface area contributed by atoms with Crippen LogP contribution in [-0.2, 0) is 5.41 Å². The van der Waals surface area contributed by atoms with Crippen molar-refractivity contribution in [2.24, 2.45) is 0 Å². The van der Waals surface area contributed by atoms with Crippen molar-refractivity contribution in [3.8, 4) is 50.2 Å². The highest BCUT2D eigenvalue weighted by Gasteiger charge is 2.35. The van der Waals surface area contributed by atoms with E-state index in [0.29, 0.717) is 0 Å². The van der Waals surface area contributed by atoms with E-state index in [-0.39, 0.29) is 5.41 Å². The van der Waals surface area contributed by atoms with Crippen molar-refractivity contribution in [3.63, 3.8) is 0 Å². The Balaban J connectivity index is 1.04. The van der Waals surface area contributed by atoms with Crippen molar-refractivity contribution < 1.29 is 0 Å². The molecule has 1 aromatic heterocycles. The quantitative estimate of drug-likeness (QED) is 0.162. The highest BCUT2D eigenvalue weighted by Crippen LogP contribution is 2.50. The minimum atomic E-state index is -0.0310. The molecule has 0 atom stereocenters. The molecule has 0 fully saturated rings. The predicted octanol–water partition coefficient (Wildman–Crippen LogP) is 14.4. The maximum atomic E-state index is 2.43. The van der Waals surface area contributed by atoms with E-state index in [0.717, 1.165) is 5.69 Å². The lowest BCUT2D eigenvalue weighted by atomic mass is 9.81. The summed E-state index contributed by atoms with van der Waals surface area (Å²) in [6.45, 7) is 4.71. The number of fused-ring (bicyclic) bond motifs is 8. The van der Waals surface area contributed by atoms with Crippen LogP contribution in [-0.4, -0.2) is 4.57 Å². The number of rotatable bonds is 4. The van der Waals surface area contributed by atoms with Gasteiger partial charge in [0.05, 0.1) is 11.0 Å². The first-order valence-corrected chi connectivity index (χ1v) is 18.9. The van der Waals surface area contributed by atoms with Crippen molar-refractivity contribution >= 4 is 43.4 Å². The molecule has 11 rings (SSSR count). The number of para-hydroxylation sites is 1. The van der Waals surface area contributed by atoms with Crippen LogP contribution in [0, 0.1) is 0 Å². The molecule has 0 unspecified atom stereocenters. The summed E-state index contributed by atoms with van der Waals surface area (Å²) in [5, 5.41) is 7.62. The number of benzene rings is 9. The van der Waals surface area contributed by atoms with Gasteiger partial charge < -0.3 is 4.57 Å². The van der Waals surface area contributed by atoms with E-state index in [4.69, 9.17) is 0 Å². The molecule has 1 aliphatic rings. The van der Waals surface area contributed by atoms with Crippen LogP contribution in [0.3, 0.4) is 0 Å². The summed E-state index contributed by atoms with van der Waals surface area (Å²) in [6.07, 6.45) is 0. The van der Waals surface area contributed by atoms with Crippen LogP contribution in [0.4, 0.5) is 0 Å². The Bertz CT molecular complexity index is 3050. The molecule has 0 saturated heterocycles. The Kier molecular flexibility index (Phi) is 6.66. The Morgan fingerprint density at radius 2 is 0.815 bits per heavy atom. The maximum absolute atomic E-state index is 2.43. The van der Waals surface area contributed by atoms with Gasteiger partial charge in [0.15, 0.2) is 0 Å². The monoisotopic (exact) mass is 687 g/mol. The minimum Gasteiger partial charge on any atom is -0.309 e. The summed E-state index contributed by atoms with van der Waals surface area (Å²) >= 11 is 0. The zero-order valence-corrected chi connectivity index (χ0v) is 30.3. The summed E-state index contributed by atoms with van der Waals surface area (Å²) in [7, 11) is 0. The van der Waals surface area contributed by atoms with E-state index < -0.39 is 0 Å².